The summed E-state index contributed by atoms with van der Waals surface area (Å²) >= 11 is 1.74. The number of aryl methyl sites for hydroxylation is 1. The van der Waals surface area contributed by atoms with Gasteiger partial charge in [-0.1, -0.05) is 51.3 Å². The predicted octanol–water partition coefficient (Wildman–Crippen LogP) is 9.37. The van der Waals surface area contributed by atoms with Crippen LogP contribution < -0.4 is 5.32 Å². The second kappa shape index (κ2) is 11.1. The zero-order chi connectivity index (χ0) is 27.5. The van der Waals surface area contributed by atoms with Gasteiger partial charge in [-0.15, -0.1) is 11.3 Å². The smallest absolute Gasteiger partial charge is 0.116 e. The number of thiophene rings is 1. The molecule has 3 N–H and O–H groups in total. The number of anilines is 1. The summed E-state index contributed by atoms with van der Waals surface area (Å²) in [5.74, 6) is 0. The average Bonchev–Trinajstić information content (AvgIpc) is 3.66. The Morgan fingerprint density at radius 3 is 2.62 bits per heavy atom. The van der Waals surface area contributed by atoms with Gasteiger partial charge in [0.05, 0.1) is 23.1 Å². The molecule has 0 bridgehead atoms. The van der Waals surface area contributed by atoms with Gasteiger partial charge in [0.15, 0.2) is 0 Å². The van der Waals surface area contributed by atoms with Crippen molar-refractivity contribution in [1.29, 1.82) is 0 Å². The maximum atomic E-state index is 4.69. The Kier molecular flexibility index (Phi) is 7.48. The van der Waals surface area contributed by atoms with Crippen molar-refractivity contribution in [3.63, 3.8) is 0 Å². The molecular formula is C33H33N5S. The monoisotopic (exact) mass is 531 g/mol. The number of hydrogen-bond acceptors (Lipinski definition) is 4. The molecule has 1 aromatic carbocycles. The molecule has 196 valence electrons. The number of nitrogens with zero attached hydrogens (tertiary/aromatic N) is 2. The first kappa shape index (κ1) is 26.2. The second-order valence-electron chi connectivity index (χ2n) is 9.76. The molecule has 4 aromatic heterocycles. The van der Waals surface area contributed by atoms with E-state index in [1.807, 2.05) is 25.4 Å². The molecule has 0 aliphatic heterocycles. The number of aromatic amines is 2. The van der Waals surface area contributed by atoms with E-state index in [9.17, 15) is 0 Å². The van der Waals surface area contributed by atoms with E-state index < -0.39 is 0 Å². The minimum atomic E-state index is 0.881. The van der Waals surface area contributed by atoms with Gasteiger partial charge in [0.2, 0.25) is 0 Å². The van der Waals surface area contributed by atoms with Crippen molar-refractivity contribution < 1.29 is 0 Å². The molecule has 0 saturated heterocycles. The Morgan fingerprint density at radius 2 is 1.87 bits per heavy atom. The molecule has 39 heavy (non-hydrogen) atoms. The summed E-state index contributed by atoms with van der Waals surface area (Å²) < 4.78 is 0. The largest absolute Gasteiger partial charge is 0.358 e. The molecule has 5 nitrogen and oxygen atoms in total. The van der Waals surface area contributed by atoms with Crippen LogP contribution in [0.3, 0.4) is 0 Å². The van der Waals surface area contributed by atoms with E-state index in [1.54, 1.807) is 11.3 Å². The second-order valence-corrected chi connectivity index (χ2v) is 10.8. The molecule has 0 fully saturated rings. The molecule has 0 aliphatic carbocycles. The molecular weight excluding hydrogens is 498 g/mol. The molecule has 5 rings (SSSR count). The third-order valence-electron chi connectivity index (χ3n) is 6.64. The lowest BCUT2D eigenvalue weighted by Gasteiger charge is -2.10. The van der Waals surface area contributed by atoms with E-state index in [4.69, 9.17) is 5.10 Å². The number of allylic oxidation sites excluding steroid dienone is 4. The third kappa shape index (κ3) is 5.42. The highest BCUT2D eigenvalue weighted by atomic mass is 32.1. The average molecular weight is 532 g/mol. The van der Waals surface area contributed by atoms with Crippen LogP contribution in [0.15, 0.2) is 92.4 Å². The third-order valence-corrected chi connectivity index (χ3v) is 7.92. The minimum Gasteiger partial charge on any atom is -0.358 e. The maximum absolute atomic E-state index is 4.69. The Bertz CT molecular complexity index is 1730. The van der Waals surface area contributed by atoms with Gasteiger partial charge in [0, 0.05) is 49.4 Å². The summed E-state index contributed by atoms with van der Waals surface area (Å²) in [5, 5.41) is 12.3. The zero-order valence-corrected chi connectivity index (χ0v) is 23.5. The highest BCUT2D eigenvalue weighted by molar-refractivity contribution is 7.14. The molecule has 4 heterocycles. The lowest BCUT2D eigenvalue weighted by Crippen LogP contribution is -1.98. The number of fused-ring (bicyclic) bond motifs is 1. The Labute approximate surface area is 233 Å². The van der Waals surface area contributed by atoms with Gasteiger partial charge in [-0.25, -0.2) is 0 Å². The lowest BCUT2D eigenvalue weighted by molar-refractivity contribution is 0.913. The quantitative estimate of drug-likeness (QED) is 0.157. The van der Waals surface area contributed by atoms with Crippen molar-refractivity contribution in [2.75, 3.05) is 5.32 Å². The first-order valence-electron chi connectivity index (χ1n) is 13.1. The van der Waals surface area contributed by atoms with E-state index in [2.05, 4.69) is 103 Å². The lowest BCUT2D eigenvalue weighted by atomic mass is 10.0. The molecule has 0 radical (unpaired) electrons. The SMILES string of the molecule is C=C/C=C(/c1ccc(C(=C)C)s1)c1cc(-c2n[nH]c3ccc(-c4cncc(NC(=C)CCC)c4)cc23)[nH]c1C. The van der Waals surface area contributed by atoms with Crippen LogP contribution in [0.5, 0.6) is 0 Å². The Balaban J connectivity index is 1.52. The van der Waals surface area contributed by atoms with E-state index >= 15 is 0 Å². The fourth-order valence-corrected chi connectivity index (χ4v) is 5.70. The minimum absolute atomic E-state index is 0.881. The first-order chi connectivity index (χ1) is 18.9. The zero-order valence-electron chi connectivity index (χ0n) is 22.7. The van der Waals surface area contributed by atoms with Crippen molar-refractivity contribution in [2.45, 2.75) is 33.6 Å². The molecule has 0 unspecified atom stereocenters. The van der Waals surface area contributed by atoms with Gasteiger partial charge in [-0.2, -0.15) is 5.10 Å². The topological polar surface area (TPSA) is 69.4 Å². The fraction of sp³-hybridized carbons (Fsp3) is 0.152. The van der Waals surface area contributed by atoms with Crippen LogP contribution >= 0.6 is 11.3 Å². The molecule has 5 aromatic rings. The maximum Gasteiger partial charge on any atom is 0.116 e. The van der Waals surface area contributed by atoms with Crippen LogP contribution in [-0.2, 0) is 0 Å². The van der Waals surface area contributed by atoms with Crippen molar-refractivity contribution in [1.82, 2.24) is 20.2 Å². The number of pyridine rings is 1. The van der Waals surface area contributed by atoms with Gasteiger partial charge in [-0.05, 0) is 67.8 Å². The van der Waals surface area contributed by atoms with Crippen LogP contribution in [0.2, 0.25) is 0 Å². The number of aromatic nitrogens is 4. The fourth-order valence-electron chi connectivity index (χ4n) is 4.73. The standard InChI is InChI=1S/C33H33N5S/c1-7-9-21(5)35-25-15-24(18-34-19-25)23-11-12-29-28(16-23)33(38-37-29)30-17-27(22(6)36-30)26(10-8-2)32-14-13-31(39-32)20(3)4/h8,10-19,35-36H,2-3,5,7,9H2,1,4,6H3,(H,37,38)/b26-10+. The highest BCUT2D eigenvalue weighted by Crippen LogP contribution is 2.37. The van der Waals surface area contributed by atoms with Gasteiger partial charge < -0.3 is 10.3 Å². The molecule has 0 amide bonds. The molecule has 6 heteroatoms. The molecule has 0 saturated carbocycles. The van der Waals surface area contributed by atoms with E-state index in [0.717, 1.165) is 80.0 Å². The summed E-state index contributed by atoms with van der Waals surface area (Å²) in [7, 11) is 0. The van der Waals surface area contributed by atoms with Gasteiger partial charge in [0.1, 0.15) is 5.69 Å². The first-order valence-corrected chi connectivity index (χ1v) is 13.9. The Hall–Kier alpha value is -4.42. The number of hydrogen-bond donors (Lipinski definition) is 3. The summed E-state index contributed by atoms with van der Waals surface area (Å²) in [6.45, 7) is 18.4. The van der Waals surface area contributed by atoms with Crippen LogP contribution in [-0.4, -0.2) is 20.2 Å². The molecule has 0 spiro atoms. The van der Waals surface area contributed by atoms with Crippen LogP contribution in [0.25, 0.3) is 44.6 Å². The predicted molar refractivity (Wildman–Crippen MR) is 168 cm³/mol. The van der Waals surface area contributed by atoms with E-state index in [1.165, 1.54) is 9.75 Å². The number of rotatable bonds is 10. The van der Waals surface area contributed by atoms with Gasteiger partial charge in [-0.3, -0.25) is 10.1 Å². The summed E-state index contributed by atoms with van der Waals surface area (Å²) in [6, 6.07) is 14.9. The number of nitrogens with one attached hydrogen (secondary N) is 3. The van der Waals surface area contributed by atoms with E-state index in [-0.39, 0.29) is 0 Å². The van der Waals surface area contributed by atoms with Crippen molar-refractivity contribution in [3.8, 4) is 22.5 Å². The summed E-state index contributed by atoms with van der Waals surface area (Å²) in [6.07, 6.45) is 9.60. The van der Waals surface area contributed by atoms with Crippen molar-refractivity contribution in [2.24, 2.45) is 0 Å². The Morgan fingerprint density at radius 1 is 1.05 bits per heavy atom. The van der Waals surface area contributed by atoms with E-state index in [0.29, 0.717) is 0 Å². The summed E-state index contributed by atoms with van der Waals surface area (Å²) in [5.41, 5.74) is 11.3. The number of H-pyrrole nitrogens is 2. The van der Waals surface area contributed by atoms with Crippen LogP contribution in [0, 0.1) is 6.92 Å². The number of benzene rings is 1. The van der Waals surface area contributed by atoms with Crippen molar-refractivity contribution >= 4 is 39.1 Å². The molecule has 0 aliphatic rings. The van der Waals surface area contributed by atoms with Gasteiger partial charge in [0.25, 0.3) is 0 Å². The van der Waals surface area contributed by atoms with Crippen LogP contribution in [0.1, 0.15) is 47.7 Å². The summed E-state index contributed by atoms with van der Waals surface area (Å²) in [4.78, 5) is 10.4. The molecule has 0 atom stereocenters. The van der Waals surface area contributed by atoms with Crippen molar-refractivity contribution in [3.05, 3.63) is 113 Å². The normalized spacial score (nSPS) is 11.6. The van der Waals surface area contributed by atoms with Crippen LogP contribution in [0.4, 0.5) is 5.69 Å². The highest BCUT2D eigenvalue weighted by Gasteiger charge is 2.17. The van der Waals surface area contributed by atoms with Gasteiger partial charge >= 0.3 is 0 Å².